The molecule has 0 aliphatic carbocycles. The molecule has 0 spiro atoms. The Labute approximate surface area is 216 Å². The summed E-state index contributed by atoms with van der Waals surface area (Å²) in [6.07, 6.45) is 0.00796. The van der Waals surface area contributed by atoms with Gasteiger partial charge in [0.25, 0.3) is 5.91 Å². The Morgan fingerprint density at radius 2 is 1.65 bits per heavy atom. The Morgan fingerprint density at radius 1 is 0.919 bits per heavy atom. The second-order valence-corrected chi connectivity index (χ2v) is 9.27. The number of aliphatic hydroxyl groups is 1. The van der Waals surface area contributed by atoms with E-state index in [-0.39, 0.29) is 18.9 Å². The highest BCUT2D eigenvalue weighted by Crippen LogP contribution is 2.20. The maximum atomic E-state index is 13.9. The number of rotatable bonds is 11. The van der Waals surface area contributed by atoms with Crippen molar-refractivity contribution in [3.05, 3.63) is 107 Å². The van der Waals surface area contributed by atoms with Crippen molar-refractivity contribution in [2.24, 2.45) is 0 Å². The molecule has 4 aromatic rings. The van der Waals surface area contributed by atoms with Gasteiger partial charge in [-0.1, -0.05) is 49.4 Å². The maximum absolute atomic E-state index is 13.9. The van der Waals surface area contributed by atoms with Crippen LogP contribution in [0, 0.1) is 11.6 Å². The van der Waals surface area contributed by atoms with E-state index in [0.717, 1.165) is 29.0 Å². The molecule has 194 valence electrons. The van der Waals surface area contributed by atoms with Crippen LogP contribution in [-0.2, 0) is 25.9 Å². The fourth-order valence-electron chi connectivity index (χ4n) is 4.71. The lowest BCUT2D eigenvalue weighted by Gasteiger charge is -2.25. The molecule has 0 saturated carbocycles. The van der Waals surface area contributed by atoms with Gasteiger partial charge in [0.1, 0.15) is 17.3 Å². The second-order valence-electron chi connectivity index (χ2n) is 9.27. The van der Waals surface area contributed by atoms with Gasteiger partial charge < -0.3 is 20.3 Å². The van der Waals surface area contributed by atoms with Crippen LogP contribution in [0.5, 0.6) is 0 Å². The molecule has 3 N–H and O–H groups in total. The SMILES string of the molecule is CCc1cccc(CNC[C@@H](O)[C@H](Cc2cc(F)cc(F)c2)NC(=O)c2cc3ccccc3n2CC)c1. The van der Waals surface area contributed by atoms with Gasteiger partial charge in [0.15, 0.2) is 0 Å². The van der Waals surface area contributed by atoms with Gasteiger partial charge in [-0.2, -0.15) is 0 Å². The number of aromatic nitrogens is 1. The first-order chi connectivity index (χ1) is 17.9. The molecular formula is C30H33F2N3O2. The summed E-state index contributed by atoms with van der Waals surface area (Å²) in [5.41, 5.74) is 4.08. The van der Waals surface area contributed by atoms with Crippen molar-refractivity contribution in [1.29, 1.82) is 0 Å². The van der Waals surface area contributed by atoms with E-state index in [0.29, 0.717) is 24.3 Å². The Kier molecular flexibility index (Phi) is 8.69. The van der Waals surface area contributed by atoms with Gasteiger partial charge in [0.05, 0.1) is 12.1 Å². The number of aryl methyl sites for hydroxylation is 2. The summed E-state index contributed by atoms with van der Waals surface area (Å²) in [6, 6.07) is 20.2. The van der Waals surface area contributed by atoms with E-state index in [1.807, 2.05) is 54.0 Å². The maximum Gasteiger partial charge on any atom is 0.268 e. The van der Waals surface area contributed by atoms with Crippen LogP contribution >= 0.6 is 0 Å². The summed E-state index contributed by atoms with van der Waals surface area (Å²) in [7, 11) is 0. The van der Waals surface area contributed by atoms with Crippen molar-refractivity contribution in [1.82, 2.24) is 15.2 Å². The molecule has 0 bridgehead atoms. The lowest BCUT2D eigenvalue weighted by Crippen LogP contribution is -2.49. The molecule has 0 radical (unpaired) electrons. The number of para-hydroxylation sites is 1. The molecule has 5 nitrogen and oxygen atoms in total. The van der Waals surface area contributed by atoms with Crippen LogP contribution in [0.15, 0.2) is 72.8 Å². The molecule has 0 unspecified atom stereocenters. The summed E-state index contributed by atoms with van der Waals surface area (Å²) >= 11 is 0. The third kappa shape index (κ3) is 6.61. The van der Waals surface area contributed by atoms with Gasteiger partial charge in [-0.25, -0.2) is 8.78 Å². The van der Waals surface area contributed by atoms with E-state index >= 15 is 0 Å². The van der Waals surface area contributed by atoms with Gasteiger partial charge in [-0.15, -0.1) is 0 Å². The zero-order chi connectivity index (χ0) is 26.4. The van der Waals surface area contributed by atoms with E-state index in [4.69, 9.17) is 0 Å². The van der Waals surface area contributed by atoms with Crippen molar-refractivity contribution in [2.75, 3.05) is 6.54 Å². The first-order valence-electron chi connectivity index (χ1n) is 12.7. The van der Waals surface area contributed by atoms with E-state index in [1.165, 1.54) is 17.7 Å². The van der Waals surface area contributed by atoms with Crippen molar-refractivity contribution >= 4 is 16.8 Å². The highest BCUT2D eigenvalue weighted by molar-refractivity contribution is 5.99. The topological polar surface area (TPSA) is 66.3 Å². The molecule has 7 heteroatoms. The molecule has 1 aromatic heterocycles. The van der Waals surface area contributed by atoms with Crippen LogP contribution in [0.4, 0.5) is 8.78 Å². The third-order valence-electron chi connectivity index (χ3n) is 6.60. The molecule has 0 aliphatic rings. The van der Waals surface area contributed by atoms with Crippen molar-refractivity contribution in [3.8, 4) is 0 Å². The van der Waals surface area contributed by atoms with Gasteiger partial charge in [0.2, 0.25) is 0 Å². The number of aliphatic hydroxyl groups excluding tert-OH is 1. The predicted molar refractivity (Wildman–Crippen MR) is 142 cm³/mol. The first-order valence-corrected chi connectivity index (χ1v) is 12.7. The summed E-state index contributed by atoms with van der Waals surface area (Å²) < 4.78 is 29.7. The van der Waals surface area contributed by atoms with Crippen molar-refractivity contribution in [2.45, 2.75) is 51.9 Å². The highest BCUT2D eigenvalue weighted by atomic mass is 19.1. The van der Waals surface area contributed by atoms with Crippen molar-refractivity contribution < 1.29 is 18.7 Å². The van der Waals surface area contributed by atoms with Gasteiger partial charge in [-0.3, -0.25) is 4.79 Å². The minimum atomic E-state index is -0.996. The molecule has 1 heterocycles. The largest absolute Gasteiger partial charge is 0.390 e. The van der Waals surface area contributed by atoms with E-state index in [9.17, 15) is 18.7 Å². The molecule has 37 heavy (non-hydrogen) atoms. The van der Waals surface area contributed by atoms with Crippen LogP contribution in [0.3, 0.4) is 0 Å². The monoisotopic (exact) mass is 505 g/mol. The number of fused-ring (bicyclic) bond motifs is 1. The molecular weight excluding hydrogens is 472 g/mol. The van der Waals surface area contributed by atoms with E-state index < -0.39 is 23.8 Å². The van der Waals surface area contributed by atoms with E-state index in [2.05, 4.69) is 29.7 Å². The van der Waals surface area contributed by atoms with Crippen LogP contribution in [0.1, 0.15) is 41.0 Å². The quantitative estimate of drug-likeness (QED) is 0.269. The smallest absolute Gasteiger partial charge is 0.268 e. The number of carbonyl (C=O) groups excluding carboxylic acids is 1. The lowest BCUT2D eigenvalue weighted by molar-refractivity contribution is 0.0822. The van der Waals surface area contributed by atoms with Gasteiger partial charge in [0, 0.05) is 36.6 Å². The molecule has 2 atom stereocenters. The molecule has 0 aliphatic heterocycles. The Morgan fingerprint density at radius 3 is 2.38 bits per heavy atom. The number of amides is 1. The number of hydrogen-bond acceptors (Lipinski definition) is 3. The average Bonchev–Trinajstić information content (AvgIpc) is 3.26. The van der Waals surface area contributed by atoms with Crippen LogP contribution in [-0.4, -0.2) is 34.3 Å². The normalized spacial score (nSPS) is 13.0. The summed E-state index contributed by atoms with van der Waals surface area (Å²) in [5.74, 6) is -1.75. The fourth-order valence-corrected chi connectivity index (χ4v) is 4.71. The van der Waals surface area contributed by atoms with Crippen LogP contribution < -0.4 is 10.6 Å². The Hall–Kier alpha value is -3.55. The first kappa shape index (κ1) is 26.5. The number of halogens is 2. The zero-order valence-corrected chi connectivity index (χ0v) is 21.2. The molecule has 0 saturated heterocycles. The molecule has 1 amide bonds. The predicted octanol–water partition coefficient (Wildman–Crippen LogP) is 4.99. The highest BCUT2D eigenvalue weighted by Gasteiger charge is 2.25. The number of hydrogen-bond donors (Lipinski definition) is 3. The summed E-state index contributed by atoms with van der Waals surface area (Å²) in [4.78, 5) is 13.4. The van der Waals surface area contributed by atoms with Crippen molar-refractivity contribution in [3.63, 3.8) is 0 Å². The molecule has 0 fully saturated rings. The minimum Gasteiger partial charge on any atom is -0.390 e. The summed E-state index contributed by atoms with van der Waals surface area (Å²) in [5, 5.41) is 18.2. The average molecular weight is 506 g/mol. The number of nitrogens with one attached hydrogen (secondary N) is 2. The Bertz CT molecular complexity index is 1350. The number of carbonyl (C=O) groups is 1. The van der Waals surface area contributed by atoms with E-state index in [1.54, 1.807) is 0 Å². The lowest BCUT2D eigenvalue weighted by atomic mass is 10.00. The minimum absolute atomic E-state index is 0.0704. The van der Waals surface area contributed by atoms with Crippen LogP contribution in [0.25, 0.3) is 10.9 Å². The zero-order valence-electron chi connectivity index (χ0n) is 21.2. The number of benzene rings is 3. The van der Waals surface area contributed by atoms with Crippen LogP contribution in [0.2, 0.25) is 0 Å². The second kappa shape index (κ2) is 12.1. The fraction of sp³-hybridized carbons (Fsp3) is 0.300. The Balaban J connectivity index is 1.52. The summed E-state index contributed by atoms with van der Waals surface area (Å²) in [6.45, 7) is 5.39. The number of nitrogens with zero attached hydrogens (tertiary/aromatic N) is 1. The molecule has 4 rings (SSSR count). The third-order valence-corrected chi connectivity index (χ3v) is 6.60. The standard InChI is InChI=1S/C30H33F2N3O2/c1-3-20-8-7-9-21(12-20)18-33-19-29(36)26(15-22-13-24(31)17-25(32)14-22)34-30(37)28-16-23-10-5-6-11-27(23)35(28)4-2/h5-14,16-17,26,29,33,36H,3-4,15,18-19H2,1-2H3,(H,34,37)/t26-,29+/m0/s1. The molecule has 3 aromatic carbocycles. The van der Waals surface area contributed by atoms with Gasteiger partial charge in [-0.05, 0) is 60.7 Å². The van der Waals surface area contributed by atoms with Gasteiger partial charge >= 0.3 is 0 Å².